The predicted octanol–water partition coefficient (Wildman–Crippen LogP) is 4.10. The zero-order valence-corrected chi connectivity index (χ0v) is 18.6. The van der Waals surface area contributed by atoms with Crippen LogP contribution in [0.4, 0.5) is 0 Å². The van der Waals surface area contributed by atoms with Crippen molar-refractivity contribution in [2.75, 3.05) is 19.6 Å². The first kappa shape index (κ1) is 22.8. The van der Waals surface area contributed by atoms with Crippen LogP contribution in [0.25, 0.3) is 10.6 Å². The number of hydrogen-bond acceptors (Lipinski definition) is 5. The van der Waals surface area contributed by atoms with Gasteiger partial charge in [0, 0.05) is 56.6 Å². The van der Waals surface area contributed by atoms with Gasteiger partial charge in [-0.3, -0.25) is 4.90 Å². The van der Waals surface area contributed by atoms with Gasteiger partial charge in [0.25, 0.3) is 0 Å². The van der Waals surface area contributed by atoms with Crippen LogP contribution in [0.3, 0.4) is 0 Å². The maximum atomic E-state index is 4.90. The van der Waals surface area contributed by atoms with Gasteiger partial charge in [0.1, 0.15) is 10.8 Å². The van der Waals surface area contributed by atoms with E-state index in [9.17, 15) is 0 Å². The molecular weight excluding hydrogens is 413 g/mol. The van der Waals surface area contributed by atoms with E-state index in [2.05, 4.69) is 63.4 Å². The molecule has 8 heteroatoms. The summed E-state index contributed by atoms with van der Waals surface area (Å²) in [5, 5.41) is 6.79. The molecule has 1 unspecified atom stereocenters. The van der Waals surface area contributed by atoms with E-state index in [1.807, 2.05) is 12.4 Å². The highest BCUT2D eigenvalue weighted by molar-refractivity contribution is 7.13. The first-order chi connectivity index (χ1) is 12.7. The maximum absolute atomic E-state index is 4.90. The molecule has 1 N–H and O–H groups in total. The zero-order chi connectivity index (χ0) is 17.9. The molecule has 0 bridgehead atoms. The Morgan fingerprint density at radius 1 is 1.21 bits per heavy atom. The Morgan fingerprint density at radius 2 is 2.00 bits per heavy atom. The summed E-state index contributed by atoms with van der Waals surface area (Å²) in [5.74, 6) is 1.11. The number of rotatable bonds is 5. The van der Waals surface area contributed by atoms with Gasteiger partial charge in [-0.2, -0.15) is 0 Å². The van der Waals surface area contributed by atoms with Crippen LogP contribution >= 0.6 is 36.2 Å². The Kier molecular flexibility index (Phi) is 8.46. The van der Waals surface area contributed by atoms with Gasteiger partial charge in [-0.15, -0.1) is 36.2 Å². The third kappa shape index (κ3) is 4.93. The lowest BCUT2D eigenvalue weighted by Crippen LogP contribution is -2.46. The van der Waals surface area contributed by atoms with Gasteiger partial charge in [-0.1, -0.05) is 31.2 Å². The molecule has 0 amide bonds. The fourth-order valence-corrected chi connectivity index (χ4v) is 4.31. The normalized spacial score (nSPS) is 17.0. The number of hydrogen-bond donors (Lipinski definition) is 1. The molecule has 0 saturated carbocycles. The fraction of sp³-hybridized carbons (Fsp3) is 0.400. The van der Waals surface area contributed by atoms with Gasteiger partial charge in [0.05, 0.1) is 11.7 Å². The summed E-state index contributed by atoms with van der Waals surface area (Å²) in [6, 6.07) is 9.05. The third-order valence-corrected chi connectivity index (χ3v) is 5.98. The van der Waals surface area contributed by atoms with Crippen molar-refractivity contribution in [1.82, 2.24) is 24.8 Å². The molecule has 3 aromatic rings. The number of aryl methyl sites for hydroxylation is 2. The number of thiazole rings is 1. The molecule has 1 aliphatic heterocycles. The van der Waals surface area contributed by atoms with Crippen molar-refractivity contribution in [3.05, 3.63) is 59.1 Å². The molecule has 1 fully saturated rings. The second-order valence-corrected chi connectivity index (χ2v) is 7.64. The van der Waals surface area contributed by atoms with Crippen molar-refractivity contribution in [3.63, 3.8) is 0 Å². The summed E-state index contributed by atoms with van der Waals surface area (Å²) in [7, 11) is 2.07. The highest BCUT2D eigenvalue weighted by atomic mass is 35.5. The number of piperazine rings is 1. The molecule has 3 heterocycles. The van der Waals surface area contributed by atoms with Crippen LogP contribution in [0, 0.1) is 0 Å². The molecule has 5 nitrogen and oxygen atoms in total. The lowest BCUT2D eigenvalue weighted by molar-refractivity contribution is 0.143. The number of nitrogens with zero attached hydrogens (tertiary/aromatic N) is 4. The van der Waals surface area contributed by atoms with Gasteiger partial charge < -0.3 is 9.88 Å². The monoisotopic (exact) mass is 439 g/mol. The molecule has 0 radical (unpaired) electrons. The first-order valence-corrected chi connectivity index (χ1v) is 10.1. The van der Waals surface area contributed by atoms with Crippen LogP contribution in [-0.2, 0) is 20.0 Å². The predicted molar refractivity (Wildman–Crippen MR) is 121 cm³/mol. The number of nitrogens with one attached hydrogen (secondary N) is 1. The van der Waals surface area contributed by atoms with Crippen molar-refractivity contribution in [3.8, 4) is 10.6 Å². The molecule has 152 valence electrons. The van der Waals surface area contributed by atoms with Crippen LogP contribution < -0.4 is 5.32 Å². The largest absolute Gasteiger partial charge is 0.337 e. The Labute approximate surface area is 183 Å². The third-order valence-electron chi connectivity index (χ3n) is 5.04. The van der Waals surface area contributed by atoms with Crippen molar-refractivity contribution in [2.24, 2.45) is 7.05 Å². The molecule has 0 spiro atoms. The number of halogens is 2. The van der Waals surface area contributed by atoms with E-state index in [-0.39, 0.29) is 30.9 Å². The average molecular weight is 440 g/mol. The van der Waals surface area contributed by atoms with E-state index >= 15 is 0 Å². The van der Waals surface area contributed by atoms with Crippen molar-refractivity contribution in [1.29, 1.82) is 0 Å². The summed E-state index contributed by atoms with van der Waals surface area (Å²) in [6.07, 6.45) is 4.97. The van der Waals surface area contributed by atoms with Gasteiger partial charge in [0.2, 0.25) is 0 Å². The van der Waals surface area contributed by atoms with Crippen LogP contribution in [0.5, 0.6) is 0 Å². The minimum Gasteiger partial charge on any atom is -0.337 e. The molecular formula is C20H27Cl2N5S. The molecule has 1 atom stereocenters. The van der Waals surface area contributed by atoms with E-state index in [1.54, 1.807) is 11.3 Å². The first-order valence-electron chi connectivity index (χ1n) is 9.20. The maximum Gasteiger partial charge on any atom is 0.127 e. The molecule has 1 aromatic carbocycles. The summed E-state index contributed by atoms with van der Waals surface area (Å²) in [6.45, 7) is 6.00. The minimum absolute atomic E-state index is 0. The Balaban J connectivity index is 0.00000140. The lowest BCUT2D eigenvalue weighted by Gasteiger charge is -2.35. The van der Waals surface area contributed by atoms with Crippen LogP contribution in [0.2, 0.25) is 0 Å². The van der Waals surface area contributed by atoms with Crippen molar-refractivity contribution < 1.29 is 0 Å². The number of imidazole rings is 1. The number of benzene rings is 1. The summed E-state index contributed by atoms with van der Waals surface area (Å²) < 4.78 is 2.12. The average Bonchev–Trinajstić information content (AvgIpc) is 3.31. The van der Waals surface area contributed by atoms with E-state index in [0.717, 1.165) is 49.1 Å². The van der Waals surface area contributed by atoms with E-state index in [4.69, 9.17) is 4.98 Å². The highest BCUT2D eigenvalue weighted by Gasteiger charge is 2.27. The smallest absolute Gasteiger partial charge is 0.127 e. The van der Waals surface area contributed by atoms with E-state index < -0.39 is 0 Å². The second-order valence-electron chi connectivity index (χ2n) is 6.78. The molecule has 0 aliphatic carbocycles. The summed E-state index contributed by atoms with van der Waals surface area (Å²) >= 11 is 1.73. The SMILES string of the molecule is CCc1ccc(-c2nc(CN3CCNCC3c3nccn3C)cs2)cc1.Cl.Cl. The Bertz CT molecular complexity index is 862. The van der Waals surface area contributed by atoms with Gasteiger partial charge in [0.15, 0.2) is 0 Å². The van der Waals surface area contributed by atoms with Gasteiger partial charge in [-0.05, 0) is 12.0 Å². The Hall–Kier alpha value is -1.44. The molecule has 2 aromatic heterocycles. The number of aromatic nitrogens is 3. The van der Waals surface area contributed by atoms with E-state index in [0.29, 0.717) is 0 Å². The van der Waals surface area contributed by atoms with E-state index in [1.165, 1.54) is 11.1 Å². The van der Waals surface area contributed by atoms with Crippen molar-refractivity contribution >= 4 is 36.2 Å². The molecule has 1 saturated heterocycles. The van der Waals surface area contributed by atoms with Crippen molar-refractivity contribution in [2.45, 2.75) is 25.9 Å². The highest BCUT2D eigenvalue weighted by Crippen LogP contribution is 2.27. The standard InChI is InChI=1S/C20H25N5S.2ClH/c1-3-15-4-6-16(7-5-15)20-23-17(14-26-20)13-25-11-8-21-12-18(25)19-22-9-10-24(19)2;;/h4-7,9-10,14,18,21H,3,8,11-13H2,1-2H3;2*1H. The molecule has 28 heavy (non-hydrogen) atoms. The van der Waals surface area contributed by atoms with Gasteiger partial charge >= 0.3 is 0 Å². The van der Waals surface area contributed by atoms with Crippen LogP contribution in [-0.4, -0.2) is 39.1 Å². The molecule has 1 aliphatic rings. The summed E-state index contributed by atoms with van der Waals surface area (Å²) in [5.41, 5.74) is 3.72. The second kappa shape index (κ2) is 10.4. The van der Waals surface area contributed by atoms with Crippen LogP contribution in [0.1, 0.15) is 30.0 Å². The zero-order valence-electron chi connectivity index (χ0n) is 16.2. The summed E-state index contributed by atoms with van der Waals surface area (Å²) in [4.78, 5) is 11.9. The quantitative estimate of drug-likeness (QED) is 0.649. The lowest BCUT2D eigenvalue weighted by atomic mass is 10.1. The molecule has 4 rings (SSSR count). The minimum atomic E-state index is 0. The Morgan fingerprint density at radius 3 is 2.68 bits per heavy atom. The van der Waals surface area contributed by atoms with Gasteiger partial charge in [-0.25, -0.2) is 9.97 Å². The van der Waals surface area contributed by atoms with Crippen LogP contribution in [0.15, 0.2) is 42.0 Å². The fourth-order valence-electron chi connectivity index (χ4n) is 3.49. The topological polar surface area (TPSA) is 46.0 Å².